The van der Waals surface area contributed by atoms with Crippen LogP contribution in [0.2, 0.25) is 0 Å². The fourth-order valence-electron chi connectivity index (χ4n) is 4.31. The Morgan fingerprint density at radius 1 is 0.903 bits per heavy atom. The minimum atomic E-state index is -0.480. The van der Waals surface area contributed by atoms with Crippen LogP contribution in [0.3, 0.4) is 0 Å². The fourth-order valence-corrected chi connectivity index (χ4v) is 4.31. The Balaban J connectivity index is 1.55. The van der Waals surface area contributed by atoms with Gasteiger partial charge in [-0.1, -0.05) is 60.7 Å². The molecule has 0 spiro atoms. The molecule has 0 aromatic heterocycles. The molecule has 2 aliphatic rings. The topological polar surface area (TPSA) is 59.5 Å². The SMILES string of the molecule is CN(CC1=NC2C(C(=O)N(C)C(=O)N2C)N1CCc1ccccc1)Cc1ccccc1. The zero-order chi connectivity index (χ0) is 22.0. The predicted octanol–water partition coefficient (Wildman–Crippen LogP) is 2.29. The Morgan fingerprint density at radius 3 is 2.16 bits per heavy atom. The molecule has 1 saturated heterocycles. The van der Waals surface area contributed by atoms with Gasteiger partial charge in [-0.2, -0.15) is 0 Å². The van der Waals surface area contributed by atoms with E-state index in [9.17, 15) is 9.59 Å². The molecule has 2 aliphatic heterocycles. The Bertz CT molecular complexity index is 962. The number of rotatable bonds is 7. The van der Waals surface area contributed by atoms with E-state index in [1.54, 1.807) is 19.0 Å². The Hall–Kier alpha value is -3.19. The van der Waals surface area contributed by atoms with Crippen molar-refractivity contribution >= 4 is 17.8 Å². The average Bonchev–Trinajstić information content (AvgIpc) is 3.14. The van der Waals surface area contributed by atoms with Crippen LogP contribution < -0.4 is 0 Å². The molecule has 0 saturated carbocycles. The van der Waals surface area contributed by atoms with Gasteiger partial charge in [-0.05, 0) is 24.6 Å². The number of urea groups is 1. The van der Waals surface area contributed by atoms with Gasteiger partial charge in [-0.3, -0.25) is 14.6 Å². The van der Waals surface area contributed by atoms with Gasteiger partial charge in [-0.25, -0.2) is 9.79 Å². The van der Waals surface area contributed by atoms with Crippen LogP contribution in [0.25, 0.3) is 0 Å². The lowest BCUT2D eigenvalue weighted by molar-refractivity contribution is -0.136. The Morgan fingerprint density at radius 2 is 1.52 bits per heavy atom. The molecular weight excluding hydrogens is 390 g/mol. The number of carbonyl (C=O) groups is 2. The van der Waals surface area contributed by atoms with Gasteiger partial charge in [-0.15, -0.1) is 0 Å². The first-order chi connectivity index (χ1) is 15.0. The van der Waals surface area contributed by atoms with E-state index >= 15 is 0 Å². The van der Waals surface area contributed by atoms with E-state index in [0.29, 0.717) is 13.1 Å². The number of benzene rings is 2. The monoisotopic (exact) mass is 419 g/mol. The molecule has 0 bridgehead atoms. The van der Waals surface area contributed by atoms with Crippen LogP contribution in [0.5, 0.6) is 0 Å². The third kappa shape index (κ3) is 4.32. The molecule has 0 N–H and O–H groups in total. The average molecular weight is 420 g/mol. The first-order valence-electron chi connectivity index (χ1n) is 10.6. The summed E-state index contributed by atoms with van der Waals surface area (Å²) in [6.45, 7) is 2.06. The minimum Gasteiger partial charge on any atom is -0.343 e. The van der Waals surface area contributed by atoms with Crippen molar-refractivity contribution in [2.24, 2.45) is 4.99 Å². The normalized spacial score (nSPS) is 21.0. The molecule has 4 rings (SSSR count). The van der Waals surface area contributed by atoms with E-state index in [2.05, 4.69) is 41.1 Å². The lowest BCUT2D eigenvalue weighted by Gasteiger charge is -2.40. The number of likely N-dealkylation sites (N-methyl/N-ethyl adjacent to an activating group) is 3. The Kier molecular flexibility index (Phi) is 6.04. The molecular formula is C24H29N5O2. The van der Waals surface area contributed by atoms with Crippen molar-refractivity contribution in [2.75, 3.05) is 34.2 Å². The second-order valence-corrected chi connectivity index (χ2v) is 8.28. The van der Waals surface area contributed by atoms with Gasteiger partial charge >= 0.3 is 6.03 Å². The molecule has 7 nitrogen and oxygen atoms in total. The number of hydrogen-bond acceptors (Lipinski definition) is 5. The predicted molar refractivity (Wildman–Crippen MR) is 121 cm³/mol. The number of nitrogens with zero attached hydrogens (tertiary/aromatic N) is 5. The van der Waals surface area contributed by atoms with Gasteiger partial charge in [0.2, 0.25) is 0 Å². The van der Waals surface area contributed by atoms with Crippen LogP contribution in [0.1, 0.15) is 11.1 Å². The molecule has 162 valence electrons. The molecule has 2 aromatic rings. The molecule has 1 fully saturated rings. The summed E-state index contributed by atoms with van der Waals surface area (Å²) in [5.41, 5.74) is 2.43. The summed E-state index contributed by atoms with van der Waals surface area (Å²) in [5.74, 6) is 0.665. The maximum atomic E-state index is 13.1. The molecule has 2 heterocycles. The van der Waals surface area contributed by atoms with Crippen molar-refractivity contribution in [1.82, 2.24) is 19.6 Å². The maximum Gasteiger partial charge on any atom is 0.328 e. The highest BCUT2D eigenvalue weighted by Crippen LogP contribution is 2.27. The van der Waals surface area contributed by atoms with E-state index in [4.69, 9.17) is 4.99 Å². The minimum absolute atomic E-state index is 0.189. The lowest BCUT2D eigenvalue weighted by Crippen LogP contribution is -2.64. The summed E-state index contributed by atoms with van der Waals surface area (Å²) in [5, 5.41) is 0. The van der Waals surface area contributed by atoms with Crippen LogP contribution in [0.15, 0.2) is 65.7 Å². The van der Waals surface area contributed by atoms with Crippen LogP contribution >= 0.6 is 0 Å². The second kappa shape index (κ2) is 8.89. The van der Waals surface area contributed by atoms with Gasteiger partial charge in [0, 0.05) is 27.2 Å². The molecule has 0 aliphatic carbocycles. The van der Waals surface area contributed by atoms with Crippen LogP contribution in [-0.2, 0) is 17.8 Å². The number of imide groups is 1. The van der Waals surface area contributed by atoms with Gasteiger partial charge in [0.1, 0.15) is 5.84 Å². The Labute approximate surface area is 183 Å². The highest BCUT2D eigenvalue weighted by Gasteiger charge is 2.50. The summed E-state index contributed by atoms with van der Waals surface area (Å²) in [7, 11) is 5.32. The summed E-state index contributed by atoms with van der Waals surface area (Å²) >= 11 is 0. The number of fused-ring (bicyclic) bond motifs is 1. The molecule has 3 amide bonds. The number of amides is 3. The van der Waals surface area contributed by atoms with Gasteiger partial charge in [0.25, 0.3) is 5.91 Å². The molecule has 2 unspecified atom stereocenters. The summed E-state index contributed by atoms with van der Waals surface area (Å²) in [4.78, 5) is 37.5. The number of hydrogen-bond donors (Lipinski definition) is 0. The van der Waals surface area contributed by atoms with Crippen molar-refractivity contribution in [3.05, 3.63) is 71.8 Å². The van der Waals surface area contributed by atoms with Crippen LogP contribution in [0.4, 0.5) is 4.79 Å². The zero-order valence-corrected chi connectivity index (χ0v) is 18.3. The summed E-state index contributed by atoms with van der Waals surface area (Å²) in [6, 6.07) is 19.7. The van der Waals surface area contributed by atoms with E-state index in [-0.39, 0.29) is 11.9 Å². The summed E-state index contributed by atoms with van der Waals surface area (Å²) < 4.78 is 0. The van der Waals surface area contributed by atoms with Crippen molar-refractivity contribution in [1.29, 1.82) is 0 Å². The van der Waals surface area contributed by atoms with E-state index in [0.717, 1.165) is 18.8 Å². The maximum absolute atomic E-state index is 13.1. The van der Waals surface area contributed by atoms with Crippen LogP contribution in [-0.4, -0.2) is 83.8 Å². The third-order valence-corrected chi connectivity index (χ3v) is 5.99. The molecule has 31 heavy (non-hydrogen) atoms. The van der Waals surface area contributed by atoms with Crippen molar-refractivity contribution in [2.45, 2.75) is 25.2 Å². The van der Waals surface area contributed by atoms with E-state index in [1.807, 2.05) is 36.4 Å². The second-order valence-electron chi connectivity index (χ2n) is 8.28. The molecule has 2 aromatic carbocycles. The lowest BCUT2D eigenvalue weighted by atomic mass is 10.1. The zero-order valence-electron chi connectivity index (χ0n) is 18.3. The summed E-state index contributed by atoms with van der Waals surface area (Å²) in [6.07, 6.45) is 0.326. The van der Waals surface area contributed by atoms with Gasteiger partial charge < -0.3 is 9.80 Å². The standard InChI is InChI=1S/C24H29N5O2/c1-26(16-19-12-8-5-9-13-19)17-20-25-22-21(23(30)28(3)24(31)27(22)2)29(20)15-14-18-10-6-4-7-11-18/h4-13,21-22H,14-17H2,1-3H3. The van der Waals surface area contributed by atoms with E-state index in [1.165, 1.54) is 16.0 Å². The first-order valence-corrected chi connectivity index (χ1v) is 10.6. The first kappa shape index (κ1) is 21.1. The largest absolute Gasteiger partial charge is 0.343 e. The van der Waals surface area contributed by atoms with Gasteiger partial charge in [0.15, 0.2) is 12.2 Å². The third-order valence-electron chi connectivity index (χ3n) is 5.99. The number of carbonyl (C=O) groups excluding carboxylic acids is 2. The van der Waals surface area contributed by atoms with Crippen molar-refractivity contribution in [3.63, 3.8) is 0 Å². The van der Waals surface area contributed by atoms with Crippen molar-refractivity contribution in [3.8, 4) is 0 Å². The smallest absolute Gasteiger partial charge is 0.328 e. The number of amidine groups is 1. The number of aliphatic imine (C=N–C) groups is 1. The van der Waals surface area contributed by atoms with Crippen LogP contribution in [0, 0.1) is 0 Å². The molecule has 0 radical (unpaired) electrons. The highest BCUT2D eigenvalue weighted by atomic mass is 16.2. The van der Waals surface area contributed by atoms with Crippen molar-refractivity contribution < 1.29 is 9.59 Å². The molecule has 7 heteroatoms. The fraction of sp³-hybridized carbons (Fsp3) is 0.375. The van der Waals surface area contributed by atoms with E-state index < -0.39 is 12.2 Å². The molecule has 2 atom stereocenters. The highest BCUT2D eigenvalue weighted by molar-refractivity contribution is 6.04. The van der Waals surface area contributed by atoms with Gasteiger partial charge in [0.05, 0.1) is 6.54 Å². The quantitative estimate of drug-likeness (QED) is 0.691.